The number of aryl methyl sites for hydroxylation is 2. The van der Waals surface area contributed by atoms with Gasteiger partial charge in [-0.05, 0) is 42.7 Å². The van der Waals surface area contributed by atoms with Crippen molar-refractivity contribution in [2.24, 2.45) is 0 Å². The molecule has 0 amide bonds. The molecule has 0 nitrogen and oxygen atoms in total. The Balaban J connectivity index is 3.32. The zero-order valence-electron chi connectivity index (χ0n) is 9.38. The molecule has 1 unspecified atom stereocenters. The maximum Gasteiger partial charge on any atom is 0.454 e. The van der Waals surface area contributed by atoms with E-state index < -0.39 is 22.7 Å². The van der Waals surface area contributed by atoms with Crippen LogP contribution in [0, 0.1) is 19.7 Å². The van der Waals surface area contributed by atoms with E-state index in [2.05, 4.69) is 15.9 Å². The van der Waals surface area contributed by atoms with E-state index in [1.165, 1.54) is 13.8 Å². The quantitative estimate of drug-likeness (QED) is 0.523. The van der Waals surface area contributed by atoms with Gasteiger partial charge in [-0.3, -0.25) is 0 Å². The highest BCUT2D eigenvalue weighted by molar-refractivity contribution is 9.09. The molecule has 102 valence electrons. The van der Waals surface area contributed by atoms with Crippen molar-refractivity contribution >= 4 is 15.9 Å². The SMILES string of the molecule is Cc1cc(F)cc(C)c1C(Br)C(F)(F)C(F)(F)F. The first-order chi connectivity index (χ1) is 7.98. The first-order valence-electron chi connectivity index (χ1n) is 4.83. The average molecular weight is 335 g/mol. The number of halogens is 7. The monoisotopic (exact) mass is 334 g/mol. The van der Waals surface area contributed by atoms with E-state index in [9.17, 15) is 26.3 Å². The van der Waals surface area contributed by atoms with Crippen molar-refractivity contribution in [1.29, 1.82) is 0 Å². The van der Waals surface area contributed by atoms with Crippen molar-refractivity contribution in [3.05, 3.63) is 34.6 Å². The van der Waals surface area contributed by atoms with Gasteiger partial charge in [-0.2, -0.15) is 22.0 Å². The number of benzene rings is 1. The predicted octanol–water partition coefficient (Wildman–Crippen LogP) is 5.08. The summed E-state index contributed by atoms with van der Waals surface area (Å²) in [4.78, 5) is -2.24. The third-order valence-electron chi connectivity index (χ3n) is 2.51. The van der Waals surface area contributed by atoms with E-state index >= 15 is 0 Å². The van der Waals surface area contributed by atoms with E-state index in [-0.39, 0.29) is 16.7 Å². The summed E-state index contributed by atoms with van der Waals surface area (Å²) in [5, 5.41) is 0. The molecule has 18 heavy (non-hydrogen) atoms. The highest BCUT2D eigenvalue weighted by Crippen LogP contribution is 2.50. The molecular weight excluding hydrogens is 326 g/mol. The Labute approximate surface area is 108 Å². The summed E-state index contributed by atoms with van der Waals surface area (Å²) < 4.78 is 76.2. The number of hydrogen-bond donors (Lipinski definition) is 0. The maximum absolute atomic E-state index is 13.2. The smallest absolute Gasteiger partial charge is 0.207 e. The van der Waals surface area contributed by atoms with E-state index in [1.54, 1.807) is 0 Å². The van der Waals surface area contributed by atoms with Gasteiger partial charge in [0.2, 0.25) is 0 Å². The van der Waals surface area contributed by atoms with Gasteiger partial charge in [0.25, 0.3) is 0 Å². The molecule has 0 aromatic heterocycles. The summed E-state index contributed by atoms with van der Waals surface area (Å²) >= 11 is 2.38. The standard InChI is InChI=1S/C11H9BrF6/c1-5-3-7(13)4-6(2)8(5)9(12)10(14,15)11(16,17)18/h3-4,9H,1-2H3. The van der Waals surface area contributed by atoms with Crippen molar-refractivity contribution < 1.29 is 26.3 Å². The van der Waals surface area contributed by atoms with Crippen molar-refractivity contribution in [2.45, 2.75) is 30.8 Å². The van der Waals surface area contributed by atoms with Crippen LogP contribution in [0.15, 0.2) is 12.1 Å². The molecular formula is C11H9BrF6. The minimum Gasteiger partial charge on any atom is -0.207 e. The fourth-order valence-electron chi connectivity index (χ4n) is 1.65. The Hall–Kier alpha value is -0.720. The third-order valence-corrected chi connectivity index (χ3v) is 3.54. The molecule has 0 spiro atoms. The Morgan fingerprint density at radius 3 is 1.72 bits per heavy atom. The number of hydrogen-bond acceptors (Lipinski definition) is 0. The van der Waals surface area contributed by atoms with Crippen LogP contribution in [-0.4, -0.2) is 12.1 Å². The lowest BCUT2D eigenvalue weighted by atomic mass is 9.96. The van der Waals surface area contributed by atoms with Crippen LogP contribution in [0.4, 0.5) is 26.3 Å². The second kappa shape index (κ2) is 4.75. The maximum atomic E-state index is 13.2. The van der Waals surface area contributed by atoms with E-state index in [0.29, 0.717) is 0 Å². The van der Waals surface area contributed by atoms with Crippen LogP contribution in [0.25, 0.3) is 0 Å². The van der Waals surface area contributed by atoms with Crippen molar-refractivity contribution in [1.82, 2.24) is 0 Å². The molecule has 7 heteroatoms. The third kappa shape index (κ3) is 2.65. The minimum absolute atomic E-state index is 0.0401. The van der Waals surface area contributed by atoms with Crippen LogP contribution in [-0.2, 0) is 0 Å². The van der Waals surface area contributed by atoms with Gasteiger partial charge in [-0.25, -0.2) is 4.39 Å². The molecule has 0 aliphatic carbocycles. The molecule has 0 saturated heterocycles. The van der Waals surface area contributed by atoms with E-state index in [0.717, 1.165) is 12.1 Å². The second-order valence-corrected chi connectivity index (χ2v) is 4.85. The molecule has 0 aliphatic heterocycles. The van der Waals surface area contributed by atoms with Gasteiger partial charge in [0.05, 0.1) is 0 Å². The van der Waals surface area contributed by atoms with Crippen LogP contribution < -0.4 is 0 Å². The lowest BCUT2D eigenvalue weighted by Crippen LogP contribution is -2.40. The van der Waals surface area contributed by atoms with Crippen molar-refractivity contribution in [3.8, 4) is 0 Å². The Morgan fingerprint density at radius 1 is 1.00 bits per heavy atom. The molecule has 1 atom stereocenters. The summed E-state index contributed by atoms with van der Waals surface area (Å²) in [7, 11) is 0. The molecule has 0 bridgehead atoms. The lowest BCUT2D eigenvalue weighted by Gasteiger charge is -2.27. The summed E-state index contributed by atoms with van der Waals surface area (Å²) in [5.74, 6) is -5.61. The molecule has 0 aliphatic rings. The Bertz CT molecular complexity index is 428. The predicted molar refractivity (Wildman–Crippen MR) is 58.5 cm³/mol. The zero-order valence-corrected chi connectivity index (χ0v) is 11.0. The highest BCUT2D eigenvalue weighted by Gasteiger charge is 2.62. The Morgan fingerprint density at radius 2 is 1.39 bits per heavy atom. The van der Waals surface area contributed by atoms with Crippen LogP contribution in [0.3, 0.4) is 0 Å². The topological polar surface area (TPSA) is 0 Å². The average Bonchev–Trinajstić information content (AvgIpc) is 2.13. The Kier molecular flexibility index (Phi) is 4.05. The van der Waals surface area contributed by atoms with Crippen LogP contribution in [0.5, 0.6) is 0 Å². The van der Waals surface area contributed by atoms with E-state index in [1.807, 2.05) is 0 Å². The molecule has 1 aromatic carbocycles. The minimum atomic E-state index is -5.67. The van der Waals surface area contributed by atoms with Gasteiger partial charge in [-0.1, -0.05) is 15.9 Å². The van der Waals surface area contributed by atoms with Gasteiger partial charge in [-0.15, -0.1) is 0 Å². The van der Waals surface area contributed by atoms with Crippen LogP contribution in [0.1, 0.15) is 21.5 Å². The molecule has 1 aromatic rings. The highest BCUT2D eigenvalue weighted by atomic mass is 79.9. The van der Waals surface area contributed by atoms with Gasteiger partial charge in [0, 0.05) is 0 Å². The molecule has 0 saturated carbocycles. The molecule has 0 heterocycles. The van der Waals surface area contributed by atoms with Gasteiger partial charge < -0.3 is 0 Å². The van der Waals surface area contributed by atoms with Crippen LogP contribution in [0.2, 0.25) is 0 Å². The van der Waals surface area contributed by atoms with Crippen molar-refractivity contribution in [2.75, 3.05) is 0 Å². The molecule has 1 rings (SSSR count). The lowest BCUT2D eigenvalue weighted by molar-refractivity contribution is -0.281. The molecule has 0 fully saturated rings. The molecule has 0 N–H and O–H groups in total. The zero-order chi connectivity index (χ0) is 14.3. The fraction of sp³-hybridized carbons (Fsp3) is 0.455. The number of alkyl halides is 6. The molecule has 0 radical (unpaired) electrons. The van der Waals surface area contributed by atoms with E-state index in [4.69, 9.17) is 0 Å². The summed E-state index contributed by atoms with van der Waals surface area (Å²) in [6.45, 7) is 2.57. The first-order valence-corrected chi connectivity index (χ1v) is 5.75. The summed E-state index contributed by atoms with van der Waals surface area (Å²) in [6, 6.07) is 1.84. The van der Waals surface area contributed by atoms with Crippen molar-refractivity contribution in [3.63, 3.8) is 0 Å². The summed E-state index contributed by atoms with van der Waals surface area (Å²) in [5.41, 5.74) is -0.171. The van der Waals surface area contributed by atoms with Crippen LogP contribution >= 0.6 is 15.9 Å². The van der Waals surface area contributed by atoms with Gasteiger partial charge >= 0.3 is 12.1 Å². The fourth-order valence-corrected chi connectivity index (χ4v) is 2.63. The van der Waals surface area contributed by atoms with Gasteiger partial charge in [0.15, 0.2) is 0 Å². The first kappa shape index (κ1) is 15.3. The summed E-state index contributed by atoms with van der Waals surface area (Å²) in [6.07, 6.45) is -5.67. The second-order valence-electron chi connectivity index (χ2n) is 3.94. The van der Waals surface area contributed by atoms with Gasteiger partial charge in [0.1, 0.15) is 10.6 Å². The largest absolute Gasteiger partial charge is 0.454 e. The number of rotatable bonds is 2. The normalized spacial score (nSPS) is 14.7.